The van der Waals surface area contributed by atoms with Gasteiger partial charge in [-0.1, -0.05) is 30.0 Å². The average molecular weight is 708 g/mol. The van der Waals surface area contributed by atoms with Gasteiger partial charge >= 0.3 is 6.03 Å². The van der Waals surface area contributed by atoms with Crippen molar-refractivity contribution < 1.29 is 19.2 Å². The van der Waals surface area contributed by atoms with E-state index in [1.165, 1.54) is 16.4 Å². The fraction of sp³-hybridized carbons (Fsp3) is 0.385. The molecule has 6 rings (SSSR count). The zero-order valence-electron chi connectivity index (χ0n) is 29.5. The van der Waals surface area contributed by atoms with Crippen molar-refractivity contribution in [1.29, 1.82) is 0 Å². The highest BCUT2D eigenvalue weighted by atomic mass is 32.2. The molecule has 3 heterocycles. The predicted molar refractivity (Wildman–Crippen MR) is 199 cm³/mol. The molecule has 1 atom stereocenters. The Hall–Kier alpha value is -4.97. The van der Waals surface area contributed by atoms with Crippen LogP contribution in [0.3, 0.4) is 0 Å². The summed E-state index contributed by atoms with van der Waals surface area (Å²) in [5.41, 5.74) is 2.22. The van der Waals surface area contributed by atoms with Crippen LogP contribution < -0.4 is 16.0 Å². The number of hydrogen-bond donors (Lipinski definition) is 3. The third kappa shape index (κ3) is 8.50. The van der Waals surface area contributed by atoms with Gasteiger partial charge in [-0.25, -0.2) is 4.79 Å². The first-order valence-corrected chi connectivity index (χ1v) is 18.4. The Bertz CT molecular complexity index is 1940. The van der Waals surface area contributed by atoms with Crippen molar-refractivity contribution in [3.8, 4) is 0 Å². The number of fused-ring (bicyclic) bond motifs is 1. The van der Waals surface area contributed by atoms with E-state index in [2.05, 4.69) is 20.9 Å². The lowest BCUT2D eigenvalue weighted by atomic mass is 9.85. The van der Waals surface area contributed by atoms with Gasteiger partial charge in [-0.2, -0.15) is 9.78 Å². The molecule has 1 saturated carbocycles. The largest absolute Gasteiger partial charge is 0.355 e. The first kappa shape index (κ1) is 35.8. The SMILES string of the molecule is CNC(=O)c1ccccc1Sc1ccc2c(/C=C/c3ccccn3)nn(C(=O)N3CCC[C@H]3C(=O)N[C@H]3CC[C@H](C(=O)NC(C)(C)C)CC3)c2c1. The molecule has 4 amide bonds. The van der Waals surface area contributed by atoms with E-state index in [1.807, 2.05) is 87.5 Å². The Morgan fingerprint density at radius 3 is 2.39 bits per heavy atom. The molecule has 1 aliphatic carbocycles. The van der Waals surface area contributed by atoms with Crippen LogP contribution >= 0.6 is 11.8 Å². The van der Waals surface area contributed by atoms with Crippen LogP contribution in [0.2, 0.25) is 0 Å². The third-order valence-electron chi connectivity index (χ3n) is 9.29. The summed E-state index contributed by atoms with van der Waals surface area (Å²) >= 11 is 1.43. The van der Waals surface area contributed by atoms with E-state index in [0.717, 1.165) is 20.9 Å². The van der Waals surface area contributed by atoms with Crippen LogP contribution in [0, 0.1) is 5.92 Å². The highest BCUT2D eigenvalue weighted by Gasteiger charge is 2.37. The van der Waals surface area contributed by atoms with Crippen molar-refractivity contribution in [2.45, 2.75) is 86.7 Å². The number of pyridine rings is 1. The lowest BCUT2D eigenvalue weighted by Gasteiger charge is -2.32. The van der Waals surface area contributed by atoms with Crippen LogP contribution in [0.25, 0.3) is 23.1 Å². The highest BCUT2D eigenvalue weighted by Crippen LogP contribution is 2.34. The van der Waals surface area contributed by atoms with Crippen LogP contribution in [0.1, 0.15) is 81.0 Å². The maximum Gasteiger partial charge on any atom is 0.345 e. The Labute approximate surface area is 302 Å². The Morgan fingerprint density at radius 1 is 0.902 bits per heavy atom. The van der Waals surface area contributed by atoms with E-state index in [1.54, 1.807) is 24.2 Å². The molecule has 2 aromatic carbocycles. The van der Waals surface area contributed by atoms with Crippen LogP contribution in [0.15, 0.2) is 76.7 Å². The number of aromatic nitrogens is 3. The maximum absolute atomic E-state index is 14.3. The number of nitrogens with zero attached hydrogens (tertiary/aromatic N) is 4. The van der Waals surface area contributed by atoms with E-state index in [0.29, 0.717) is 61.8 Å². The summed E-state index contributed by atoms with van der Waals surface area (Å²) in [7, 11) is 1.60. The summed E-state index contributed by atoms with van der Waals surface area (Å²) in [5.74, 6) is -0.343. The summed E-state index contributed by atoms with van der Waals surface area (Å²) < 4.78 is 1.40. The number of rotatable bonds is 8. The van der Waals surface area contributed by atoms with Gasteiger partial charge in [0.1, 0.15) is 6.04 Å². The third-order valence-corrected chi connectivity index (χ3v) is 10.4. The van der Waals surface area contributed by atoms with Crippen LogP contribution in [-0.2, 0) is 9.59 Å². The molecule has 12 heteroatoms. The standard InChI is InChI=1S/C39H45N7O4S/c1-39(2,3)43-35(47)25-14-16-27(17-15-25)42-37(49)32-12-9-23-45(32)38(50)46-33-24-28(51-34-13-6-5-11-30(34)36(48)40-4)19-20-29(33)31(44-46)21-18-26-10-7-8-22-41-26/h5-8,10-11,13,18-22,24-25,27,32H,9,12,14-17,23H2,1-4H3,(H,40,48)(H,42,49)(H,43,47)/b21-18+/t25-,27-,32-/m0/s1. The van der Waals surface area contributed by atoms with Crippen molar-refractivity contribution in [3.05, 3.63) is 83.8 Å². The zero-order chi connectivity index (χ0) is 36.1. The second kappa shape index (κ2) is 15.5. The Balaban J connectivity index is 1.24. The van der Waals surface area contributed by atoms with E-state index in [-0.39, 0.29) is 41.3 Å². The number of hydrogen-bond acceptors (Lipinski definition) is 7. The quantitative estimate of drug-likeness (QED) is 0.200. The highest BCUT2D eigenvalue weighted by molar-refractivity contribution is 7.99. The van der Waals surface area contributed by atoms with E-state index < -0.39 is 6.04 Å². The number of benzene rings is 2. The molecule has 2 aliphatic rings. The van der Waals surface area contributed by atoms with Gasteiger partial charge in [0.05, 0.1) is 22.5 Å². The number of amides is 4. The van der Waals surface area contributed by atoms with Crippen LogP contribution in [0.4, 0.5) is 4.79 Å². The fourth-order valence-corrected chi connectivity index (χ4v) is 7.73. The molecule has 51 heavy (non-hydrogen) atoms. The first-order valence-electron chi connectivity index (χ1n) is 17.5. The van der Waals surface area contributed by atoms with Gasteiger partial charge in [0, 0.05) is 52.5 Å². The molecule has 3 N–H and O–H groups in total. The molecule has 266 valence electrons. The van der Waals surface area contributed by atoms with Crippen LogP contribution in [0.5, 0.6) is 0 Å². The predicted octanol–water partition coefficient (Wildman–Crippen LogP) is 6.13. The molecule has 11 nitrogen and oxygen atoms in total. The van der Waals surface area contributed by atoms with Gasteiger partial charge in [-0.15, -0.1) is 0 Å². The average Bonchev–Trinajstić information content (AvgIpc) is 3.76. The van der Waals surface area contributed by atoms with Crippen molar-refractivity contribution in [2.24, 2.45) is 5.92 Å². The maximum atomic E-state index is 14.3. The van der Waals surface area contributed by atoms with Gasteiger partial charge in [0.25, 0.3) is 5.91 Å². The van der Waals surface area contributed by atoms with Crippen molar-refractivity contribution in [3.63, 3.8) is 0 Å². The van der Waals surface area contributed by atoms with Gasteiger partial charge in [-0.3, -0.25) is 19.4 Å². The molecule has 4 aromatic rings. The number of carbonyl (C=O) groups excluding carboxylic acids is 4. The smallest absolute Gasteiger partial charge is 0.345 e. The minimum Gasteiger partial charge on any atom is -0.355 e. The van der Waals surface area contributed by atoms with Gasteiger partial charge in [0.15, 0.2) is 0 Å². The molecule has 0 bridgehead atoms. The zero-order valence-corrected chi connectivity index (χ0v) is 30.3. The Morgan fingerprint density at radius 2 is 1.67 bits per heavy atom. The number of nitrogens with one attached hydrogen (secondary N) is 3. The summed E-state index contributed by atoms with van der Waals surface area (Å²) in [4.78, 5) is 60.9. The molecule has 2 fully saturated rings. The number of carbonyl (C=O) groups is 4. The minimum atomic E-state index is -0.622. The summed E-state index contributed by atoms with van der Waals surface area (Å²) in [6.07, 6.45) is 9.53. The normalized spacial score (nSPS) is 19.3. The van der Waals surface area contributed by atoms with Crippen molar-refractivity contribution >= 4 is 58.6 Å². The minimum absolute atomic E-state index is 0.0418. The first-order chi connectivity index (χ1) is 24.5. The fourth-order valence-electron chi connectivity index (χ4n) is 6.75. The van der Waals surface area contributed by atoms with Crippen LogP contribution in [-0.4, -0.2) is 74.6 Å². The molecule has 2 aromatic heterocycles. The van der Waals surface area contributed by atoms with Crippen molar-refractivity contribution in [2.75, 3.05) is 13.6 Å². The summed E-state index contributed by atoms with van der Waals surface area (Å²) in [5, 5.41) is 14.5. The van der Waals surface area contributed by atoms with Crippen molar-refractivity contribution in [1.82, 2.24) is 35.6 Å². The summed E-state index contributed by atoms with van der Waals surface area (Å²) in [6, 6.07) is 17.8. The molecular weight excluding hydrogens is 663 g/mol. The topological polar surface area (TPSA) is 138 Å². The molecular formula is C39H45N7O4S. The Kier molecular flexibility index (Phi) is 10.9. The van der Waals surface area contributed by atoms with E-state index in [9.17, 15) is 19.2 Å². The lowest BCUT2D eigenvalue weighted by molar-refractivity contribution is -0.127. The second-order valence-electron chi connectivity index (χ2n) is 14.2. The van der Waals surface area contributed by atoms with Gasteiger partial charge in [0.2, 0.25) is 11.8 Å². The molecule has 0 unspecified atom stereocenters. The monoisotopic (exact) mass is 707 g/mol. The van der Waals surface area contributed by atoms with Gasteiger partial charge < -0.3 is 20.9 Å². The van der Waals surface area contributed by atoms with E-state index >= 15 is 0 Å². The molecule has 1 aliphatic heterocycles. The van der Waals surface area contributed by atoms with E-state index in [4.69, 9.17) is 5.10 Å². The lowest BCUT2D eigenvalue weighted by Crippen LogP contribution is -2.51. The van der Waals surface area contributed by atoms with Gasteiger partial charge in [-0.05, 0) is 114 Å². The number of likely N-dealkylation sites (tertiary alicyclic amines) is 1. The molecule has 1 saturated heterocycles. The summed E-state index contributed by atoms with van der Waals surface area (Å²) in [6.45, 7) is 6.36. The molecule has 0 spiro atoms. The molecule has 0 radical (unpaired) electrons. The second-order valence-corrected chi connectivity index (χ2v) is 15.3.